The van der Waals surface area contributed by atoms with E-state index in [0.717, 1.165) is 23.0 Å². The van der Waals surface area contributed by atoms with Crippen molar-refractivity contribution in [3.05, 3.63) is 69.4 Å². The molecule has 0 spiro atoms. The quantitative estimate of drug-likeness (QED) is 0.263. The third-order valence-corrected chi connectivity index (χ3v) is 5.12. The number of Topliss-reactive ketones (excluding diaryl/α,β-unsaturated/α-hetero) is 1. The number of hydrogen-bond donors (Lipinski definition) is 1. The molecule has 1 aromatic heterocycles. The molecule has 4 rings (SSSR count). The lowest BCUT2D eigenvalue weighted by Crippen LogP contribution is -2.21. The first-order valence-corrected chi connectivity index (χ1v) is 9.56. The first-order chi connectivity index (χ1) is 15.6. The van der Waals surface area contributed by atoms with Crippen LogP contribution in [0, 0.1) is 10.1 Å². The van der Waals surface area contributed by atoms with Crippen LogP contribution < -0.4 is 4.74 Å². The summed E-state index contributed by atoms with van der Waals surface area (Å²) in [6.45, 7) is 0.473. The topological polar surface area (TPSA) is 125 Å². The lowest BCUT2D eigenvalue weighted by Gasteiger charge is -2.21. The molecule has 2 aromatic carbocycles. The Morgan fingerprint density at radius 2 is 1.94 bits per heavy atom. The number of carboxylic acid groups (broad SMARTS) is 1. The van der Waals surface area contributed by atoms with Crippen LogP contribution in [0.2, 0.25) is 0 Å². The molecule has 9 nitrogen and oxygen atoms in total. The molecule has 0 bridgehead atoms. The summed E-state index contributed by atoms with van der Waals surface area (Å²) in [6.07, 6.45) is -2.67. The molecule has 0 fully saturated rings. The van der Waals surface area contributed by atoms with E-state index in [4.69, 9.17) is 4.74 Å². The van der Waals surface area contributed by atoms with Crippen molar-refractivity contribution in [2.45, 2.75) is 19.0 Å². The van der Waals surface area contributed by atoms with Gasteiger partial charge in [0.1, 0.15) is 5.75 Å². The summed E-state index contributed by atoms with van der Waals surface area (Å²) in [5, 5.41) is 24.1. The maximum Gasteiger partial charge on any atom is 0.417 e. The summed E-state index contributed by atoms with van der Waals surface area (Å²) in [5.41, 5.74) is -2.22. The van der Waals surface area contributed by atoms with Crippen LogP contribution in [0.4, 0.5) is 19.0 Å². The van der Waals surface area contributed by atoms with Gasteiger partial charge in [0.2, 0.25) is 0 Å². The molecule has 12 heteroatoms. The van der Waals surface area contributed by atoms with E-state index in [9.17, 15) is 38.0 Å². The van der Waals surface area contributed by atoms with E-state index in [0.29, 0.717) is 36.8 Å². The normalized spacial score (nSPS) is 13.2. The summed E-state index contributed by atoms with van der Waals surface area (Å²) in [5.74, 6) is -3.90. The van der Waals surface area contributed by atoms with E-state index in [-0.39, 0.29) is 16.8 Å². The van der Waals surface area contributed by atoms with Gasteiger partial charge in [0.25, 0.3) is 5.78 Å². The standard InChI is InChI=1S/C21H14F3N3O6/c22-21(23,24)13-4-5-14(26-8-7-16(25-26)27(31)32)17(18(13)19(28)20(29)30)12-3-6-15-11(10-12)2-1-9-33-15/h3-8,10H,1-2,9H2,(H,29,30). The zero-order valence-electron chi connectivity index (χ0n) is 16.6. The van der Waals surface area contributed by atoms with Gasteiger partial charge in [-0.1, -0.05) is 6.07 Å². The van der Waals surface area contributed by atoms with Gasteiger partial charge < -0.3 is 20.0 Å². The van der Waals surface area contributed by atoms with Crippen LogP contribution in [0.15, 0.2) is 42.6 Å². The summed E-state index contributed by atoms with van der Waals surface area (Å²) < 4.78 is 47.9. The van der Waals surface area contributed by atoms with Crippen molar-refractivity contribution in [1.82, 2.24) is 9.78 Å². The van der Waals surface area contributed by atoms with Gasteiger partial charge >= 0.3 is 18.0 Å². The number of halogens is 3. The molecule has 0 saturated carbocycles. The van der Waals surface area contributed by atoms with Crippen LogP contribution >= 0.6 is 0 Å². The molecule has 0 atom stereocenters. The zero-order valence-corrected chi connectivity index (χ0v) is 16.6. The molecule has 0 radical (unpaired) electrons. The Kier molecular flexibility index (Phi) is 5.36. The number of aryl methyl sites for hydroxylation is 1. The number of alkyl halides is 3. The minimum absolute atomic E-state index is 0.114. The minimum Gasteiger partial charge on any atom is -0.493 e. The number of fused-ring (bicyclic) bond motifs is 1. The Labute approximate surface area is 183 Å². The van der Waals surface area contributed by atoms with Gasteiger partial charge in [-0.05, 0) is 53.2 Å². The highest BCUT2D eigenvalue weighted by molar-refractivity contribution is 6.41. The van der Waals surface area contributed by atoms with Crippen LogP contribution in [-0.2, 0) is 17.4 Å². The van der Waals surface area contributed by atoms with Gasteiger partial charge in [-0.2, -0.15) is 13.2 Å². The van der Waals surface area contributed by atoms with Gasteiger partial charge in [-0.25, -0.2) is 4.79 Å². The highest BCUT2D eigenvalue weighted by atomic mass is 19.4. The first kappa shape index (κ1) is 22.0. The molecule has 3 aromatic rings. The molecule has 33 heavy (non-hydrogen) atoms. The van der Waals surface area contributed by atoms with Crippen molar-refractivity contribution in [3.8, 4) is 22.6 Å². The van der Waals surface area contributed by atoms with E-state index in [1.807, 2.05) is 0 Å². The van der Waals surface area contributed by atoms with Gasteiger partial charge in [0.15, 0.2) is 0 Å². The Bertz CT molecular complexity index is 1300. The number of benzene rings is 2. The number of carbonyl (C=O) groups excluding carboxylic acids is 1. The van der Waals surface area contributed by atoms with E-state index in [2.05, 4.69) is 5.10 Å². The number of aliphatic carboxylic acids is 1. The molecule has 0 amide bonds. The van der Waals surface area contributed by atoms with Crippen molar-refractivity contribution in [2.75, 3.05) is 6.61 Å². The van der Waals surface area contributed by atoms with Crippen molar-refractivity contribution < 1.29 is 37.5 Å². The smallest absolute Gasteiger partial charge is 0.417 e. The van der Waals surface area contributed by atoms with E-state index < -0.39 is 39.8 Å². The lowest BCUT2D eigenvalue weighted by molar-refractivity contribution is -0.389. The Morgan fingerprint density at radius 3 is 2.58 bits per heavy atom. The molecule has 1 aliphatic heterocycles. The number of ketones is 1. The van der Waals surface area contributed by atoms with Crippen LogP contribution in [0.3, 0.4) is 0 Å². The van der Waals surface area contributed by atoms with Crippen molar-refractivity contribution >= 4 is 17.6 Å². The van der Waals surface area contributed by atoms with Gasteiger partial charge in [-0.3, -0.25) is 4.79 Å². The average molecular weight is 461 g/mol. The molecule has 170 valence electrons. The number of hydrogen-bond acceptors (Lipinski definition) is 6. The number of aromatic nitrogens is 2. The van der Waals surface area contributed by atoms with Crippen molar-refractivity contribution in [1.29, 1.82) is 0 Å². The molecule has 1 aliphatic rings. The number of ether oxygens (including phenoxy) is 1. The molecule has 2 heterocycles. The Hall–Kier alpha value is -4.22. The largest absolute Gasteiger partial charge is 0.493 e. The van der Waals surface area contributed by atoms with E-state index >= 15 is 0 Å². The number of nitro groups is 1. The van der Waals surface area contributed by atoms with E-state index in [1.165, 1.54) is 18.2 Å². The fourth-order valence-electron chi connectivity index (χ4n) is 3.72. The summed E-state index contributed by atoms with van der Waals surface area (Å²) in [6, 6.07) is 7.02. The maximum absolute atomic E-state index is 13.8. The minimum atomic E-state index is -5.04. The van der Waals surface area contributed by atoms with Crippen LogP contribution in [0.25, 0.3) is 16.8 Å². The second kappa shape index (κ2) is 8.04. The summed E-state index contributed by atoms with van der Waals surface area (Å²) in [7, 11) is 0. The fraction of sp³-hybridized carbons (Fsp3) is 0.190. The predicted octanol–water partition coefficient (Wildman–Crippen LogP) is 4.06. The number of carbonyl (C=O) groups is 2. The third kappa shape index (κ3) is 4.02. The molecule has 0 aliphatic carbocycles. The molecular weight excluding hydrogens is 447 g/mol. The van der Waals surface area contributed by atoms with Crippen molar-refractivity contribution in [3.63, 3.8) is 0 Å². The summed E-state index contributed by atoms with van der Waals surface area (Å²) >= 11 is 0. The van der Waals surface area contributed by atoms with Gasteiger partial charge in [-0.15, -0.1) is 4.68 Å². The molecular formula is C21H14F3N3O6. The van der Waals surface area contributed by atoms with Gasteiger partial charge in [0, 0.05) is 5.56 Å². The van der Waals surface area contributed by atoms with E-state index in [1.54, 1.807) is 0 Å². The van der Waals surface area contributed by atoms with Crippen LogP contribution in [0.1, 0.15) is 27.9 Å². The lowest BCUT2D eigenvalue weighted by atomic mass is 9.89. The fourth-order valence-corrected chi connectivity index (χ4v) is 3.72. The second-order valence-corrected chi connectivity index (χ2v) is 7.16. The number of nitrogens with zero attached hydrogens (tertiary/aromatic N) is 3. The monoisotopic (exact) mass is 461 g/mol. The molecule has 0 saturated heterocycles. The molecule has 0 unspecified atom stereocenters. The first-order valence-electron chi connectivity index (χ1n) is 9.56. The second-order valence-electron chi connectivity index (χ2n) is 7.16. The Balaban J connectivity index is 2.07. The highest BCUT2D eigenvalue weighted by Gasteiger charge is 2.40. The predicted molar refractivity (Wildman–Crippen MR) is 106 cm³/mol. The van der Waals surface area contributed by atoms with Crippen LogP contribution in [0.5, 0.6) is 5.75 Å². The molecule has 1 N–H and O–H groups in total. The Morgan fingerprint density at radius 1 is 1.18 bits per heavy atom. The third-order valence-electron chi connectivity index (χ3n) is 5.12. The number of rotatable bonds is 5. The maximum atomic E-state index is 13.8. The average Bonchev–Trinajstić information content (AvgIpc) is 3.27. The SMILES string of the molecule is O=C(O)C(=O)c1c(C(F)(F)F)ccc(-n2ccc([N+](=O)[O-])n2)c1-c1ccc2c(c1)CCCO2. The highest BCUT2D eigenvalue weighted by Crippen LogP contribution is 2.41. The van der Waals surface area contributed by atoms with Gasteiger partial charge in [0.05, 0.1) is 40.8 Å². The summed E-state index contributed by atoms with van der Waals surface area (Å²) in [4.78, 5) is 34.3. The number of carboxylic acids is 1. The zero-order chi connectivity index (χ0) is 23.9. The van der Waals surface area contributed by atoms with Crippen molar-refractivity contribution in [2.24, 2.45) is 0 Å². The van der Waals surface area contributed by atoms with Crippen LogP contribution in [-0.4, -0.2) is 38.2 Å².